The third kappa shape index (κ3) is 5.79. The summed E-state index contributed by atoms with van der Waals surface area (Å²) in [7, 11) is 0. The number of para-hydroxylation sites is 2. The lowest BCUT2D eigenvalue weighted by atomic mass is 9.70. The predicted molar refractivity (Wildman–Crippen MR) is 152 cm³/mol. The molecule has 0 atom stereocenters. The number of aromatic nitrogens is 3. The number of carbonyl (C=O) groups excluding carboxylic acids is 1. The van der Waals surface area contributed by atoms with Crippen molar-refractivity contribution in [1.82, 2.24) is 24.5 Å². The van der Waals surface area contributed by atoms with Crippen molar-refractivity contribution >= 4 is 23.4 Å². The maximum absolute atomic E-state index is 12.8. The highest BCUT2D eigenvalue weighted by Crippen LogP contribution is 2.40. The van der Waals surface area contributed by atoms with Crippen molar-refractivity contribution in [2.75, 3.05) is 32.7 Å². The van der Waals surface area contributed by atoms with Crippen LogP contribution < -0.4 is 0 Å². The summed E-state index contributed by atoms with van der Waals surface area (Å²) >= 11 is 0. The molecule has 40 heavy (non-hydrogen) atoms. The Morgan fingerprint density at radius 2 is 1.70 bits per heavy atom. The monoisotopic (exact) mass is 543 g/mol. The Bertz CT molecular complexity index is 1390. The van der Waals surface area contributed by atoms with Crippen molar-refractivity contribution < 1.29 is 19.2 Å². The molecule has 0 aliphatic carbocycles. The van der Waals surface area contributed by atoms with E-state index in [1.165, 1.54) is 17.3 Å². The van der Waals surface area contributed by atoms with E-state index in [1.807, 2.05) is 4.90 Å². The number of fused-ring (bicyclic) bond motifs is 1. The number of amides is 1. The van der Waals surface area contributed by atoms with E-state index in [9.17, 15) is 4.79 Å². The van der Waals surface area contributed by atoms with Gasteiger partial charge >= 0.3 is 0 Å². The molecular formula is C31H37N5O4. The van der Waals surface area contributed by atoms with Crippen molar-refractivity contribution in [2.24, 2.45) is 0 Å². The van der Waals surface area contributed by atoms with Crippen molar-refractivity contribution in [1.29, 1.82) is 0 Å². The average Bonchev–Trinajstić information content (AvgIpc) is 3.65. The SMILES string of the molecule is Cc1nc2ccccc2n1C1CCN(CCC2(c3ccccc3)CCN(C(=O)c3ccno3)CC2)CC1.O=CO. The van der Waals surface area contributed by atoms with Crippen LogP contribution in [0.2, 0.25) is 0 Å². The summed E-state index contributed by atoms with van der Waals surface area (Å²) in [5.41, 5.74) is 3.85. The summed E-state index contributed by atoms with van der Waals surface area (Å²) in [6.07, 6.45) is 6.88. The first-order chi connectivity index (χ1) is 19.5. The molecule has 2 aliphatic rings. The van der Waals surface area contributed by atoms with E-state index in [1.54, 1.807) is 6.07 Å². The van der Waals surface area contributed by atoms with E-state index in [2.05, 4.69) is 76.1 Å². The lowest BCUT2D eigenvalue weighted by molar-refractivity contribution is -0.122. The number of aryl methyl sites for hydroxylation is 1. The fourth-order valence-electron chi connectivity index (χ4n) is 6.49. The zero-order chi connectivity index (χ0) is 28.0. The minimum atomic E-state index is -0.250. The molecule has 2 aromatic heterocycles. The van der Waals surface area contributed by atoms with E-state index in [-0.39, 0.29) is 17.8 Å². The summed E-state index contributed by atoms with van der Waals surface area (Å²) in [4.78, 5) is 30.5. The number of hydrogen-bond donors (Lipinski definition) is 1. The van der Waals surface area contributed by atoms with Gasteiger partial charge in [-0.2, -0.15) is 0 Å². The van der Waals surface area contributed by atoms with Gasteiger partial charge in [-0.25, -0.2) is 4.98 Å². The summed E-state index contributed by atoms with van der Waals surface area (Å²) in [5.74, 6) is 1.40. The van der Waals surface area contributed by atoms with Gasteiger partial charge in [0, 0.05) is 38.3 Å². The first-order valence-electron chi connectivity index (χ1n) is 14.0. The van der Waals surface area contributed by atoms with E-state index < -0.39 is 0 Å². The van der Waals surface area contributed by atoms with Gasteiger partial charge in [0.25, 0.3) is 12.4 Å². The number of rotatable bonds is 6. The number of carbonyl (C=O) groups is 2. The van der Waals surface area contributed by atoms with E-state index in [4.69, 9.17) is 19.4 Å². The fraction of sp³-hybridized carbons (Fsp3) is 0.419. The summed E-state index contributed by atoms with van der Waals surface area (Å²) in [5, 5.41) is 10.6. The first-order valence-corrected chi connectivity index (χ1v) is 14.0. The van der Waals surface area contributed by atoms with Gasteiger partial charge in [0.2, 0.25) is 5.76 Å². The minimum Gasteiger partial charge on any atom is -0.483 e. The Balaban J connectivity index is 0.00000103. The Morgan fingerprint density at radius 1 is 1.02 bits per heavy atom. The molecule has 2 fully saturated rings. The van der Waals surface area contributed by atoms with E-state index >= 15 is 0 Å². The number of carboxylic acid groups (broad SMARTS) is 1. The molecule has 4 heterocycles. The van der Waals surface area contributed by atoms with Crippen LogP contribution in [0.5, 0.6) is 0 Å². The smallest absolute Gasteiger partial charge is 0.292 e. The maximum Gasteiger partial charge on any atom is 0.292 e. The molecule has 2 saturated heterocycles. The Hall–Kier alpha value is -3.98. The van der Waals surface area contributed by atoms with Gasteiger partial charge in [-0.3, -0.25) is 9.59 Å². The second kappa shape index (κ2) is 12.5. The number of hydrogen-bond acceptors (Lipinski definition) is 6. The summed E-state index contributed by atoms with van der Waals surface area (Å²) in [6.45, 7) is 6.67. The Labute approximate surface area is 234 Å². The fourth-order valence-corrected chi connectivity index (χ4v) is 6.49. The molecule has 2 aliphatic heterocycles. The van der Waals surface area contributed by atoms with Crippen LogP contribution in [0.4, 0.5) is 0 Å². The molecule has 0 bridgehead atoms. The van der Waals surface area contributed by atoms with Crippen LogP contribution in [0.15, 0.2) is 71.4 Å². The van der Waals surface area contributed by atoms with Gasteiger partial charge in [0.1, 0.15) is 5.82 Å². The summed E-state index contributed by atoms with van der Waals surface area (Å²) in [6, 6.07) is 21.6. The van der Waals surface area contributed by atoms with Gasteiger partial charge in [-0.05, 0) is 68.7 Å². The zero-order valence-electron chi connectivity index (χ0n) is 23.0. The minimum absolute atomic E-state index is 0.0523. The molecule has 1 amide bonds. The van der Waals surface area contributed by atoms with Crippen LogP contribution in [0.25, 0.3) is 11.0 Å². The second-order valence-corrected chi connectivity index (χ2v) is 10.8. The highest BCUT2D eigenvalue weighted by Gasteiger charge is 2.38. The molecule has 4 aromatic rings. The second-order valence-electron chi connectivity index (χ2n) is 10.8. The molecule has 6 rings (SSSR count). The third-order valence-electron chi connectivity index (χ3n) is 8.64. The van der Waals surface area contributed by atoms with Crippen molar-refractivity contribution in [3.8, 4) is 0 Å². The van der Waals surface area contributed by atoms with Crippen molar-refractivity contribution in [3.63, 3.8) is 0 Å². The molecule has 0 radical (unpaired) electrons. The normalized spacial score (nSPS) is 17.8. The summed E-state index contributed by atoms with van der Waals surface area (Å²) < 4.78 is 7.58. The van der Waals surface area contributed by atoms with E-state index in [0.29, 0.717) is 11.8 Å². The van der Waals surface area contributed by atoms with Crippen LogP contribution >= 0.6 is 0 Å². The van der Waals surface area contributed by atoms with Gasteiger partial charge in [-0.15, -0.1) is 0 Å². The molecule has 0 saturated carbocycles. The maximum atomic E-state index is 12.8. The van der Waals surface area contributed by atoms with Gasteiger partial charge in [-0.1, -0.05) is 47.6 Å². The number of benzene rings is 2. The van der Waals surface area contributed by atoms with Crippen LogP contribution in [-0.4, -0.2) is 74.7 Å². The van der Waals surface area contributed by atoms with Gasteiger partial charge in [0.15, 0.2) is 0 Å². The number of imidazole rings is 1. The van der Waals surface area contributed by atoms with Crippen LogP contribution in [-0.2, 0) is 10.2 Å². The molecule has 0 spiro atoms. The van der Waals surface area contributed by atoms with Crippen LogP contribution in [0.3, 0.4) is 0 Å². The topological polar surface area (TPSA) is 105 Å². The first kappa shape index (κ1) is 27.6. The molecular weight excluding hydrogens is 506 g/mol. The lowest BCUT2D eigenvalue weighted by Gasteiger charge is -2.44. The van der Waals surface area contributed by atoms with E-state index in [0.717, 1.165) is 76.2 Å². The quantitative estimate of drug-likeness (QED) is 0.344. The highest BCUT2D eigenvalue weighted by atomic mass is 16.5. The van der Waals surface area contributed by atoms with Crippen LogP contribution in [0.1, 0.15) is 60.1 Å². The molecule has 210 valence electrons. The zero-order valence-corrected chi connectivity index (χ0v) is 23.0. The van der Waals surface area contributed by atoms with Crippen LogP contribution in [0, 0.1) is 6.92 Å². The lowest BCUT2D eigenvalue weighted by Crippen LogP contribution is -2.47. The van der Waals surface area contributed by atoms with Crippen molar-refractivity contribution in [2.45, 2.75) is 50.5 Å². The molecule has 0 unspecified atom stereocenters. The highest BCUT2D eigenvalue weighted by molar-refractivity contribution is 5.91. The number of likely N-dealkylation sites (tertiary alicyclic amines) is 2. The molecule has 1 N–H and O–H groups in total. The standard InChI is InChI=1S/C30H35N5O2.CH2O2/c1-23-32-26-9-5-6-10-27(26)35(23)25-12-18-33(19-13-25)20-14-30(24-7-3-2-4-8-24)15-21-34(22-16-30)29(36)28-11-17-31-37-28;2-1-3/h2-11,17,25H,12-16,18-22H2,1H3;1H,(H,2,3). The largest absolute Gasteiger partial charge is 0.483 e. The molecule has 9 nitrogen and oxygen atoms in total. The average molecular weight is 544 g/mol. The number of piperidine rings is 2. The molecule has 9 heteroatoms. The Morgan fingerprint density at radius 3 is 2.38 bits per heavy atom. The predicted octanol–water partition coefficient (Wildman–Crippen LogP) is 4.93. The third-order valence-corrected chi connectivity index (χ3v) is 8.64. The molecule has 2 aromatic carbocycles. The number of nitrogens with zero attached hydrogens (tertiary/aromatic N) is 5. The van der Waals surface area contributed by atoms with Gasteiger partial charge < -0.3 is 24.0 Å². The van der Waals surface area contributed by atoms with Crippen molar-refractivity contribution in [3.05, 3.63) is 84.0 Å². The van der Waals surface area contributed by atoms with Gasteiger partial charge in [0.05, 0.1) is 17.2 Å². The Kier molecular flexibility index (Phi) is 8.60.